The van der Waals surface area contributed by atoms with Gasteiger partial charge in [0.2, 0.25) is 0 Å². The lowest BCUT2D eigenvalue weighted by Crippen LogP contribution is -2.07. The largest absolute Gasteiger partial charge is 0.478 e. The van der Waals surface area contributed by atoms with E-state index in [4.69, 9.17) is 9.47 Å². The third kappa shape index (κ3) is 3.92. The summed E-state index contributed by atoms with van der Waals surface area (Å²) in [7, 11) is 1.34. The molecule has 7 heteroatoms. The fraction of sp³-hybridized carbons (Fsp3) is 0.250. The van der Waals surface area contributed by atoms with Crippen LogP contribution in [0.4, 0.5) is 0 Å². The number of rotatable bonds is 7. The summed E-state index contributed by atoms with van der Waals surface area (Å²) >= 11 is 0. The van der Waals surface area contributed by atoms with E-state index in [2.05, 4.69) is 4.98 Å². The van der Waals surface area contributed by atoms with Crippen molar-refractivity contribution in [2.45, 2.75) is 19.9 Å². The van der Waals surface area contributed by atoms with Crippen LogP contribution >= 0.6 is 0 Å². The van der Waals surface area contributed by atoms with Gasteiger partial charge in [-0.05, 0) is 42.3 Å². The number of esters is 1. The normalized spacial score (nSPS) is 10.7. The summed E-state index contributed by atoms with van der Waals surface area (Å²) in [5, 5.41) is 9.27. The van der Waals surface area contributed by atoms with Gasteiger partial charge in [-0.1, -0.05) is 19.1 Å². The Morgan fingerprint density at radius 3 is 2.44 bits per heavy atom. The van der Waals surface area contributed by atoms with Crippen molar-refractivity contribution in [3.05, 3.63) is 59.2 Å². The highest BCUT2D eigenvalue weighted by Crippen LogP contribution is 2.24. The smallest absolute Gasteiger partial charge is 0.337 e. The molecule has 0 amide bonds. The fourth-order valence-corrected chi connectivity index (χ4v) is 2.74. The molecule has 0 bridgehead atoms. The number of carboxylic acids is 1. The zero-order valence-corrected chi connectivity index (χ0v) is 15.1. The summed E-state index contributed by atoms with van der Waals surface area (Å²) in [6.07, 6.45) is 0.831. The van der Waals surface area contributed by atoms with Crippen LogP contribution in [0.1, 0.15) is 39.6 Å². The molecule has 1 heterocycles. The van der Waals surface area contributed by atoms with Crippen LogP contribution in [0.5, 0.6) is 6.01 Å². The van der Waals surface area contributed by atoms with E-state index in [9.17, 15) is 14.7 Å². The van der Waals surface area contributed by atoms with Gasteiger partial charge in [-0.2, -0.15) is 4.98 Å². The predicted octanol–water partition coefficient (Wildman–Crippen LogP) is 3.36. The first-order valence-corrected chi connectivity index (χ1v) is 8.57. The fourth-order valence-electron chi connectivity index (χ4n) is 2.74. The molecule has 0 aliphatic carbocycles. The Morgan fingerprint density at radius 1 is 1.11 bits per heavy atom. The molecule has 2 aromatic carbocycles. The molecule has 0 saturated heterocycles. The van der Waals surface area contributed by atoms with Gasteiger partial charge in [0.15, 0.2) is 0 Å². The minimum absolute atomic E-state index is 0.187. The molecule has 3 rings (SSSR count). The van der Waals surface area contributed by atoms with Gasteiger partial charge < -0.3 is 14.6 Å². The first-order valence-electron chi connectivity index (χ1n) is 8.57. The lowest BCUT2D eigenvalue weighted by atomic mass is 10.1. The number of methoxy groups -OCH3 is 1. The second-order valence-corrected chi connectivity index (χ2v) is 6.03. The monoisotopic (exact) mass is 368 g/mol. The van der Waals surface area contributed by atoms with Gasteiger partial charge in [0, 0.05) is 0 Å². The molecular weight excluding hydrogens is 348 g/mol. The topological polar surface area (TPSA) is 90.6 Å². The maximum Gasteiger partial charge on any atom is 0.337 e. The van der Waals surface area contributed by atoms with Crippen molar-refractivity contribution < 1.29 is 24.2 Å². The van der Waals surface area contributed by atoms with Gasteiger partial charge in [0.05, 0.1) is 42.4 Å². The molecule has 0 aliphatic rings. The molecule has 0 radical (unpaired) electrons. The molecule has 0 fully saturated rings. The highest BCUT2D eigenvalue weighted by atomic mass is 16.5. The average molecular weight is 368 g/mol. The van der Waals surface area contributed by atoms with Gasteiger partial charge in [0.25, 0.3) is 6.01 Å². The molecule has 0 saturated carbocycles. The van der Waals surface area contributed by atoms with E-state index in [1.54, 1.807) is 24.3 Å². The third-order valence-corrected chi connectivity index (χ3v) is 4.11. The number of carbonyl (C=O) groups excluding carboxylic acids is 1. The number of hydrogen-bond donors (Lipinski definition) is 1. The zero-order valence-electron chi connectivity index (χ0n) is 15.1. The number of nitrogens with zero attached hydrogens (tertiary/aromatic N) is 2. The Labute approximate surface area is 156 Å². The van der Waals surface area contributed by atoms with Crippen LogP contribution in [0.25, 0.3) is 11.0 Å². The number of carboxylic acid groups (broad SMARTS) is 1. The Morgan fingerprint density at radius 2 is 1.81 bits per heavy atom. The first kappa shape index (κ1) is 18.4. The standard InChI is InChI=1S/C20H20N2O5/c1-3-10-27-20-21-16-9-8-15(18(23)24)11-17(16)22(20)12-13-4-6-14(7-5-13)19(25)26-2/h4-9,11H,3,10,12H2,1-2H3,(H,23,24). The zero-order chi connectivity index (χ0) is 19.4. The number of fused-ring (bicyclic) bond motifs is 1. The molecule has 27 heavy (non-hydrogen) atoms. The van der Waals surface area contributed by atoms with Crippen molar-refractivity contribution in [2.75, 3.05) is 13.7 Å². The SMILES string of the molecule is CCCOc1nc2ccc(C(=O)O)cc2n1Cc1ccc(C(=O)OC)cc1. The summed E-state index contributed by atoms with van der Waals surface area (Å²) in [5.74, 6) is -1.39. The number of hydrogen-bond acceptors (Lipinski definition) is 5. The van der Waals surface area contributed by atoms with Crippen LogP contribution in [0.2, 0.25) is 0 Å². The van der Waals surface area contributed by atoms with Gasteiger partial charge >= 0.3 is 11.9 Å². The van der Waals surface area contributed by atoms with E-state index in [1.165, 1.54) is 13.2 Å². The Hall–Kier alpha value is -3.35. The van der Waals surface area contributed by atoms with E-state index in [1.807, 2.05) is 23.6 Å². The lowest BCUT2D eigenvalue weighted by molar-refractivity contribution is 0.0599. The van der Waals surface area contributed by atoms with Crippen molar-refractivity contribution in [1.29, 1.82) is 0 Å². The van der Waals surface area contributed by atoms with Crippen LogP contribution in [-0.2, 0) is 11.3 Å². The van der Waals surface area contributed by atoms with E-state index < -0.39 is 11.9 Å². The summed E-state index contributed by atoms with van der Waals surface area (Å²) < 4.78 is 12.3. The van der Waals surface area contributed by atoms with Crippen molar-refractivity contribution in [2.24, 2.45) is 0 Å². The highest BCUT2D eigenvalue weighted by molar-refractivity contribution is 5.92. The number of ether oxygens (including phenoxy) is 2. The van der Waals surface area contributed by atoms with Crippen molar-refractivity contribution in [1.82, 2.24) is 9.55 Å². The Kier molecular flexibility index (Phi) is 5.40. The molecule has 0 spiro atoms. The van der Waals surface area contributed by atoms with Crippen LogP contribution in [0.3, 0.4) is 0 Å². The lowest BCUT2D eigenvalue weighted by Gasteiger charge is -2.10. The Balaban J connectivity index is 2.00. The number of carbonyl (C=O) groups is 2. The van der Waals surface area contributed by atoms with Gasteiger partial charge in [-0.3, -0.25) is 4.57 Å². The van der Waals surface area contributed by atoms with E-state index >= 15 is 0 Å². The molecular formula is C20H20N2O5. The molecule has 0 aliphatic heterocycles. The molecule has 0 unspecified atom stereocenters. The first-order chi connectivity index (χ1) is 13.0. The van der Waals surface area contributed by atoms with Crippen LogP contribution in [-0.4, -0.2) is 40.3 Å². The molecule has 3 aromatic rings. The highest BCUT2D eigenvalue weighted by Gasteiger charge is 2.15. The quantitative estimate of drug-likeness (QED) is 0.643. The molecule has 1 aromatic heterocycles. The summed E-state index contributed by atoms with van der Waals surface area (Å²) in [6.45, 7) is 2.94. The van der Waals surface area contributed by atoms with Crippen LogP contribution in [0, 0.1) is 0 Å². The molecule has 1 N–H and O–H groups in total. The maximum atomic E-state index is 11.6. The number of aromatic nitrogens is 2. The minimum atomic E-state index is -0.997. The average Bonchev–Trinajstić information content (AvgIpc) is 3.02. The summed E-state index contributed by atoms with van der Waals surface area (Å²) in [5.41, 5.74) is 2.92. The number of benzene rings is 2. The van der Waals surface area contributed by atoms with Gasteiger partial charge in [-0.25, -0.2) is 9.59 Å². The Bertz CT molecular complexity index is 976. The van der Waals surface area contributed by atoms with Crippen molar-refractivity contribution in [3.63, 3.8) is 0 Å². The second-order valence-electron chi connectivity index (χ2n) is 6.03. The molecule has 7 nitrogen and oxygen atoms in total. The predicted molar refractivity (Wildman–Crippen MR) is 99.4 cm³/mol. The van der Waals surface area contributed by atoms with Crippen molar-refractivity contribution in [3.8, 4) is 6.01 Å². The second kappa shape index (κ2) is 7.90. The summed E-state index contributed by atoms with van der Waals surface area (Å²) in [6, 6.07) is 12.3. The van der Waals surface area contributed by atoms with Gasteiger partial charge in [-0.15, -0.1) is 0 Å². The van der Waals surface area contributed by atoms with Crippen molar-refractivity contribution >= 4 is 23.0 Å². The number of aromatic carboxylic acids is 1. The third-order valence-electron chi connectivity index (χ3n) is 4.11. The van der Waals surface area contributed by atoms with Crippen LogP contribution < -0.4 is 4.74 Å². The molecule has 0 atom stereocenters. The van der Waals surface area contributed by atoms with Crippen LogP contribution in [0.15, 0.2) is 42.5 Å². The number of imidazole rings is 1. The van der Waals surface area contributed by atoms with E-state index in [-0.39, 0.29) is 5.56 Å². The van der Waals surface area contributed by atoms with E-state index in [0.29, 0.717) is 35.8 Å². The van der Waals surface area contributed by atoms with Gasteiger partial charge in [0.1, 0.15) is 0 Å². The summed E-state index contributed by atoms with van der Waals surface area (Å²) in [4.78, 5) is 27.4. The maximum absolute atomic E-state index is 11.6. The minimum Gasteiger partial charge on any atom is -0.478 e. The molecule has 140 valence electrons. The van der Waals surface area contributed by atoms with E-state index in [0.717, 1.165) is 12.0 Å².